The van der Waals surface area contributed by atoms with Gasteiger partial charge in [0.2, 0.25) is 0 Å². The summed E-state index contributed by atoms with van der Waals surface area (Å²) < 4.78 is 16.7. The number of esters is 3. The average Bonchev–Trinajstić information content (AvgIpc) is 3.19. The molecule has 0 aliphatic rings. The smallest absolute Gasteiger partial charge is 0.306 e. The molecule has 0 N–H and O–H groups in total. The third-order valence-corrected chi connectivity index (χ3v) is 11.4. The van der Waals surface area contributed by atoms with Gasteiger partial charge < -0.3 is 14.2 Å². The van der Waals surface area contributed by atoms with Crippen LogP contribution in [0.4, 0.5) is 0 Å². The number of hydrogen-bond acceptors (Lipinski definition) is 6. The molecule has 6 nitrogen and oxygen atoms in total. The van der Waals surface area contributed by atoms with E-state index in [2.05, 4.69) is 20.8 Å². The zero-order chi connectivity index (χ0) is 40.8. The molecule has 0 aliphatic carbocycles. The maximum Gasteiger partial charge on any atom is 0.306 e. The lowest BCUT2D eigenvalue weighted by Crippen LogP contribution is -2.30. The number of unbranched alkanes of at least 4 members (excludes halogenated alkanes) is 35. The zero-order valence-corrected chi connectivity index (χ0v) is 37.9. The number of rotatable bonds is 46. The van der Waals surface area contributed by atoms with Gasteiger partial charge >= 0.3 is 17.9 Å². The molecule has 56 heavy (non-hydrogen) atoms. The van der Waals surface area contributed by atoms with Crippen molar-refractivity contribution in [2.45, 2.75) is 290 Å². The largest absolute Gasteiger partial charge is 0.462 e. The zero-order valence-electron chi connectivity index (χ0n) is 37.9. The third-order valence-electron chi connectivity index (χ3n) is 11.4. The van der Waals surface area contributed by atoms with Gasteiger partial charge in [-0.1, -0.05) is 245 Å². The van der Waals surface area contributed by atoms with E-state index in [1.54, 1.807) is 0 Å². The highest BCUT2D eigenvalue weighted by Gasteiger charge is 2.19. The molecule has 0 amide bonds. The summed E-state index contributed by atoms with van der Waals surface area (Å²) in [6, 6.07) is 0. The molecule has 0 radical (unpaired) electrons. The van der Waals surface area contributed by atoms with Crippen LogP contribution in [0, 0.1) is 0 Å². The van der Waals surface area contributed by atoms with Crippen molar-refractivity contribution in [1.29, 1.82) is 0 Å². The van der Waals surface area contributed by atoms with E-state index in [0.717, 1.165) is 64.2 Å². The van der Waals surface area contributed by atoms with Crippen LogP contribution in [-0.4, -0.2) is 37.2 Å². The summed E-state index contributed by atoms with van der Waals surface area (Å²) in [6.07, 6.45) is 48.3. The first-order valence-electron chi connectivity index (χ1n) is 25.0. The van der Waals surface area contributed by atoms with Gasteiger partial charge in [0.05, 0.1) is 0 Å². The van der Waals surface area contributed by atoms with E-state index in [0.29, 0.717) is 19.3 Å². The quantitative estimate of drug-likeness (QED) is 0.0347. The van der Waals surface area contributed by atoms with Gasteiger partial charge in [-0.05, 0) is 19.3 Å². The van der Waals surface area contributed by atoms with Gasteiger partial charge in [-0.3, -0.25) is 14.4 Å². The lowest BCUT2D eigenvalue weighted by atomic mass is 10.0. The fraction of sp³-hybridized carbons (Fsp3) is 0.940. The van der Waals surface area contributed by atoms with Gasteiger partial charge in [0.15, 0.2) is 6.10 Å². The molecule has 6 heteroatoms. The predicted octanol–water partition coefficient (Wildman–Crippen LogP) is 16.0. The lowest BCUT2D eigenvalue weighted by Gasteiger charge is -2.18. The van der Waals surface area contributed by atoms with Crippen molar-refractivity contribution in [2.75, 3.05) is 13.2 Å². The van der Waals surface area contributed by atoms with Gasteiger partial charge in [0.1, 0.15) is 13.2 Å². The van der Waals surface area contributed by atoms with Crippen molar-refractivity contribution in [3.8, 4) is 0 Å². The molecule has 0 spiro atoms. The number of ether oxygens (including phenoxy) is 3. The van der Waals surface area contributed by atoms with E-state index >= 15 is 0 Å². The van der Waals surface area contributed by atoms with Crippen molar-refractivity contribution in [1.82, 2.24) is 0 Å². The summed E-state index contributed by atoms with van der Waals surface area (Å²) in [7, 11) is 0. The van der Waals surface area contributed by atoms with Gasteiger partial charge in [0.25, 0.3) is 0 Å². The fourth-order valence-electron chi connectivity index (χ4n) is 7.56. The average molecular weight is 793 g/mol. The minimum atomic E-state index is -0.757. The summed E-state index contributed by atoms with van der Waals surface area (Å²) in [5.74, 6) is -0.859. The second kappa shape index (κ2) is 46.1. The van der Waals surface area contributed by atoms with Crippen molar-refractivity contribution < 1.29 is 28.6 Å². The van der Waals surface area contributed by atoms with Gasteiger partial charge in [-0.25, -0.2) is 0 Å². The topological polar surface area (TPSA) is 78.9 Å². The molecular weight excluding hydrogens is 697 g/mol. The van der Waals surface area contributed by atoms with Gasteiger partial charge in [-0.15, -0.1) is 0 Å². The van der Waals surface area contributed by atoms with Gasteiger partial charge in [0, 0.05) is 19.3 Å². The summed E-state index contributed by atoms with van der Waals surface area (Å²) in [6.45, 7) is 6.60. The summed E-state index contributed by atoms with van der Waals surface area (Å²) in [5.41, 5.74) is 0. The Morgan fingerprint density at radius 1 is 0.286 bits per heavy atom. The molecule has 0 aromatic rings. The van der Waals surface area contributed by atoms with E-state index in [9.17, 15) is 14.4 Å². The van der Waals surface area contributed by atoms with Crippen LogP contribution in [0.1, 0.15) is 284 Å². The van der Waals surface area contributed by atoms with E-state index < -0.39 is 6.10 Å². The van der Waals surface area contributed by atoms with Crippen LogP contribution in [0.25, 0.3) is 0 Å². The Kier molecular flexibility index (Phi) is 44.8. The third kappa shape index (κ3) is 43.5. The Hall–Kier alpha value is -1.59. The molecule has 0 unspecified atom stereocenters. The second-order valence-electron chi connectivity index (χ2n) is 17.1. The molecule has 0 saturated heterocycles. The number of hydrogen-bond donors (Lipinski definition) is 0. The highest BCUT2D eigenvalue weighted by atomic mass is 16.6. The van der Waals surface area contributed by atoms with Gasteiger partial charge in [-0.2, -0.15) is 0 Å². The number of carbonyl (C=O) groups excluding carboxylic acids is 3. The molecule has 332 valence electrons. The summed E-state index contributed by atoms with van der Waals surface area (Å²) >= 11 is 0. The lowest BCUT2D eigenvalue weighted by molar-refractivity contribution is -0.167. The van der Waals surface area contributed by atoms with Crippen molar-refractivity contribution in [2.24, 2.45) is 0 Å². The molecule has 1 atom stereocenters. The highest BCUT2D eigenvalue weighted by molar-refractivity contribution is 5.71. The Bertz CT molecular complexity index is 828. The predicted molar refractivity (Wildman–Crippen MR) is 238 cm³/mol. The van der Waals surface area contributed by atoms with Crippen LogP contribution < -0.4 is 0 Å². The van der Waals surface area contributed by atoms with Crippen molar-refractivity contribution >= 4 is 17.9 Å². The highest BCUT2D eigenvalue weighted by Crippen LogP contribution is 2.17. The molecule has 0 aromatic heterocycles. The first-order valence-corrected chi connectivity index (χ1v) is 25.0. The molecule has 0 fully saturated rings. The van der Waals surface area contributed by atoms with E-state index in [-0.39, 0.29) is 31.1 Å². The molecule has 0 bridgehead atoms. The monoisotopic (exact) mass is 793 g/mol. The van der Waals surface area contributed by atoms with Crippen LogP contribution in [0.5, 0.6) is 0 Å². The molecule has 0 aromatic carbocycles. The molecule has 0 rings (SSSR count). The SMILES string of the molecule is CCCCCCCCCCCCCCCCCCCCC(=O)O[C@H](COC(=O)CCCCCCC)COC(=O)CCCCCCCCCCCCCCCCC. The molecule has 0 aliphatic heterocycles. The number of carbonyl (C=O) groups is 3. The Balaban J connectivity index is 4.11. The molecular formula is C50H96O6. The van der Waals surface area contributed by atoms with E-state index in [1.165, 1.54) is 180 Å². The first kappa shape index (κ1) is 54.4. The van der Waals surface area contributed by atoms with Crippen LogP contribution in [0.15, 0.2) is 0 Å². The minimum absolute atomic E-state index is 0.0633. The Morgan fingerprint density at radius 2 is 0.482 bits per heavy atom. The maximum atomic E-state index is 12.7. The normalized spacial score (nSPS) is 11.8. The minimum Gasteiger partial charge on any atom is -0.462 e. The van der Waals surface area contributed by atoms with Crippen LogP contribution in [-0.2, 0) is 28.6 Å². The Morgan fingerprint density at radius 3 is 0.714 bits per heavy atom. The summed E-state index contributed by atoms with van der Waals surface area (Å²) in [4.78, 5) is 37.6. The second-order valence-corrected chi connectivity index (χ2v) is 17.1. The standard InChI is InChI=1S/C50H96O6/c1-4-7-10-13-15-17-19-21-23-24-25-27-29-31-33-35-38-41-44-50(53)56-47(45-54-48(51)42-39-36-12-9-6-3)46-55-49(52)43-40-37-34-32-30-28-26-22-20-18-16-14-11-8-5-2/h47H,4-46H2,1-3H3/t47-/m1/s1. The van der Waals surface area contributed by atoms with Crippen molar-refractivity contribution in [3.05, 3.63) is 0 Å². The van der Waals surface area contributed by atoms with E-state index in [1.807, 2.05) is 0 Å². The first-order chi connectivity index (χ1) is 27.5. The fourth-order valence-corrected chi connectivity index (χ4v) is 7.56. The molecule has 0 heterocycles. The van der Waals surface area contributed by atoms with Crippen LogP contribution in [0.2, 0.25) is 0 Å². The van der Waals surface area contributed by atoms with E-state index in [4.69, 9.17) is 14.2 Å². The van der Waals surface area contributed by atoms with Crippen LogP contribution in [0.3, 0.4) is 0 Å². The summed E-state index contributed by atoms with van der Waals surface area (Å²) in [5, 5.41) is 0. The van der Waals surface area contributed by atoms with Crippen molar-refractivity contribution in [3.63, 3.8) is 0 Å². The van der Waals surface area contributed by atoms with Crippen LogP contribution >= 0.6 is 0 Å². The Labute approximate surface area is 348 Å². The maximum absolute atomic E-state index is 12.7. The molecule has 0 saturated carbocycles.